The van der Waals surface area contributed by atoms with Gasteiger partial charge in [-0.2, -0.15) is 0 Å². The lowest BCUT2D eigenvalue weighted by Gasteiger charge is -2.01. The van der Waals surface area contributed by atoms with Crippen LogP contribution in [0.4, 0.5) is 0 Å². The average Bonchev–Trinajstić information content (AvgIpc) is 2.86. The van der Waals surface area contributed by atoms with Crippen LogP contribution < -0.4 is 0 Å². The molecule has 0 spiro atoms. The molecule has 1 heteroatoms. The summed E-state index contributed by atoms with van der Waals surface area (Å²) in [6, 6.07) is 0. The minimum atomic E-state index is 0.250. The summed E-state index contributed by atoms with van der Waals surface area (Å²) in [4.78, 5) is 0. The fourth-order valence-electron chi connectivity index (χ4n) is 4.40. The average molecular weight is 461 g/mol. The molecule has 0 fully saturated rings. The topological polar surface area (TPSA) is 20.2 Å². The highest BCUT2D eigenvalue weighted by Crippen LogP contribution is 2.13. The van der Waals surface area contributed by atoms with Gasteiger partial charge in [-0.25, -0.2) is 0 Å². The largest absolute Gasteiger partial charge is 0.397 e. The van der Waals surface area contributed by atoms with Crippen LogP contribution in [-0.4, -0.2) is 11.7 Å². The second-order valence-corrected chi connectivity index (χ2v) is 9.83. The smallest absolute Gasteiger partial charge is 0.0402 e. The highest BCUT2D eigenvalue weighted by molar-refractivity contribution is 4.83. The summed E-state index contributed by atoms with van der Waals surface area (Å²) < 4.78 is 0. The fourth-order valence-corrected chi connectivity index (χ4v) is 4.40. The molecule has 33 heavy (non-hydrogen) atoms. The number of hydrogen-bond donors (Lipinski definition) is 1. The van der Waals surface area contributed by atoms with E-state index in [9.17, 15) is 0 Å². The van der Waals surface area contributed by atoms with Crippen LogP contribution in [-0.2, 0) is 0 Å². The maximum absolute atomic E-state index is 7.57. The predicted molar refractivity (Wildman–Crippen MR) is 151 cm³/mol. The lowest BCUT2D eigenvalue weighted by Crippen LogP contribution is -1.81. The molecular weight excluding hydrogens is 400 g/mol. The Bertz CT molecular complexity index is 322. The second kappa shape index (κ2) is 31.2. The molecule has 1 N–H and O–H groups in total. The van der Waals surface area contributed by atoms with Crippen LogP contribution in [0, 0.1) is 0 Å². The first-order chi connectivity index (χ1) is 16.4. The van der Waals surface area contributed by atoms with E-state index < -0.39 is 0 Å². The van der Waals surface area contributed by atoms with Gasteiger partial charge in [0.05, 0.1) is 0 Å². The summed E-state index contributed by atoms with van der Waals surface area (Å²) in [5, 5.41) is 7.57. The molecule has 0 atom stereocenters. The Kier molecular flexibility index (Phi) is 30.4. The van der Waals surface area contributed by atoms with Gasteiger partial charge < -0.3 is 5.11 Å². The van der Waals surface area contributed by atoms with E-state index in [0.717, 1.165) is 0 Å². The van der Waals surface area contributed by atoms with E-state index in [1.54, 1.807) is 6.92 Å². The number of aliphatic hydroxyl groups is 1. The molecule has 3 aliphatic rings. The van der Waals surface area contributed by atoms with Crippen LogP contribution in [0.5, 0.6) is 0 Å². The summed E-state index contributed by atoms with van der Waals surface area (Å²) in [5.41, 5.74) is 0. The second-order valence-electron chi connectivity index (χ2n) is 9.83. The van der Waals surface area contributed by atoms with E-state index in [-0.39, 0.29) is 6.61 Å². The van der Waals surface area contributed by atoms with Crippen LogP contribution in [0.2, 0.25) is 0 Å². The highest BCUT2D eigenvalue weighted by Gasteiger charge is 1.93. The highest BCUT2D eigenvalue weighted by atomic mass is 16.2. The van der Waals surface area contributed by atoms with Gasteiger partial charge in [0.15, 0.2) is 0 Å². The standard InChI is InChI=1S/3C10H18.C2H6O/c3*1-2-4-6-8-10-9-7-5-3-1;1-2-3/h3*1-2H,3-10H2;3H,2H2,1H3/b3*2-1-;. The minimum Gasteiger partial charge on any atom is -0.397 e. The number of hydrogen-bond acceptors (Lipinski definition) is 1. The zero-order valence-corrected chi connectivity index (χ0v) is 22.6. The summed E-state index contributed by atoms with van der Waals surface area (Å²) >= 11 is 0. The van der Waals surface area contributed by atoms with E-state index in [1.807, 2.05) is 0 Å². The molecule has 0 aromatic heterocycles. The van der Waals surface area contributed by atoms with Gasteiger partial charge in [-0.15, -0.1) is 0 Å². The van der Waals surface area contributed by atoms with Gasteiger partial charge in [0.2, 0.25) is 0 Å². The van der Waals surface area contributed by atoms with Crippen molar-refractivity contribution in [2.24, 2.45) is 0 Å². The first-order valence-electron chi connectivity index (χ1n) is 15.0. The SMILES string of the molecule is C1=C\CCCCCCCC/1.C1=C\CCCCCCCC/1.C1=C\CCCCCCCC/1.CCO. The Labute approximate surface area is 209 Å². The van der Waals surface area contributed by atoms with Gasteiger partial charge in [-0.3, -0.25) is 0 Å². The van der Waals surface area contributed by atoms with Gasteiger partial charge in [0.25, 0.3) is 0 Å². The van der Waals surface area contributed by atoms with E-state index in [4.69, 9.17) is 5.11 Å². The van der Waals surface area contributed by atoms with Crippen LogP contribution in [0.1, 0.15) is 161 Å². The first-order valence-corrected chi connectivity index (χ1v) is 15.0. The van der Waals surface area contributed by atoms with Crippen molar-refractivity contribution in [3.05, 3.63) is 36.5 Å². The van der Waals surface area contributed by atoms with Crippen LogP contribution >= 0.6 is 0 Å². The van der Waals surface area contributed by atoms with Crippen molar-refractivity contribution in [1.29, 1.82) is 0 Å². The molecular formula is C32H60O. The van der Waals surface area contributed by atoms with Crippen molar-refractivity contribution in [2.75, 3.05) is 6.61 Å². The summed E-state index contributed by atoms with van der Waals surface area (Å²) in [6.07, 6.45) is 48.0. The minimum absolute atomic E-state index is 0.250. The Morgan fingerprint density at radius 1 is 0.333 bits per heavy atom. The number of aliphatic hydroxyl groups excluding tert-OH is 1. The molecule has 194 valence electrons. The molecule has 0 heterocycles. The molecule has 0 bridgehead atoms. The van der Waals surface area contributed by atoms with Crippen LogP contribution in [0.15, 0.2) is 36.5 Å². The lowest BCUT2D eigenvalue weighted by atomic mass is 10.1. The Hall–Kier alpha value is -0.820. The first kappa shape index (κ1) is 32.2. The molecule has 0 unspecified atom stereocenters. The van der Waals surface area contributed by atoms with E-state index >= 15 is 0 Å². The Morgan fingerprint density at radius 2 is 0.455 bits per heavy atom. The normalized spacial score (nSPS) is 23.8. The molecule has 3 rings (SSSR count). The quantitative estimate of drug-likeness (QED) is 0.356. The molecule has 3 aliphatic carbocycles. The Balaban J connectivity index is 0.000000439. The van der Waals surface area contributed by atoms with Crippen molar-refractivity contribution in [3.63, 3.8) is 0 Å². The number of rotatable bonds is 0. The summed E-state index contributed by atoms with van der Waals surface area (Å²) in [7, 11) is 0. The van der Waals surface area contributed by atoms with Crippen LogP contribution in [0.25, 0.3) is 0 Å². The molecule has 0 saturated carbocycles. The van der Waals surface area contributed by atoms with E-state index in [0.29, 0.717) is 0 Å². The van der Waals surface area contributed by atoms with Crippen molar-refractivity contribution in [3.8, 4) is 0 Å². The number of allylic oxidation sites excluding steroid dienone is 6. The predicted octanol–water partition coefficient (Wildman–Crippen LogP) is 11.0. The molecule has 0 saturated heterocycles. The molecule has 0 aliphatic heterocycles. The molecule has 1 nitrogen and oxygen atoms in total. The van der Waals surface area contributed by atoms with Gasteiger partial charge in [-0.05, 0) is 84.0 Å². The van der Waals surface area contributed by atoms with Gasteiger partial charge in [0, 0.05) is 6.61 Å². The zero-order valence-electron chi connectivity index (χ0n) is 22.6. The Morgan fingerprint density at radius 3 is 0.606 bits per heavy atom. The van der Waals surface area contributed by atoms with Gasteiger partial charge in [0.1, 0.15) is 0 Å². The fraction of sp³-hybridized carbons (Fsp3) is 0.812. The maximum atomic E-state index is 7.57. The third-order valence-corrected chi connectivity index (χ3v) is 6.47. The molecule has 0 radical (unpaired) electrons. The van der Waals surface area contributed by atoms with Crippen molar-refractivity contribution in [1.82, 2.24) is 0 Å². The molecule has 0 aromatic carbocycles. The van der Waals surface area contributed by atoms with Crippen LogP contribution in [0.3, 0.4) is 0 Å². The lowest BCUT2D eigenvalue weighted by molar-refractivity contribution is 0.318. The summed E-state index contributed by atoms with van der Waals surface area (Å²) in [5.74, 6) is 0. The van der Waals surface area contributed by atoms with Gasteiger partial charge in [-0.1, -0.05) is 114 Å². The zero-order chi connectivity index (χ0) is 23.9. The van der Waals surface area contributed by atoms with Crippen molar-refractivity contribution >= 4 is 0 Å². The van der Waals surface area contributed by atoms with E-state index in [2.05, 4.69) is 36.5 Å². The molecule has 0 aromatic rings. The molecule has 0 amide bonds. The monoisotopic (exact) mass is 460 g/mol. The van der Waals surface area contributed by atoms with Gasteiger partial charge >= 0.3 is 0 Å². The third kappa shape index (κ3) is 31.2. The van der Waals surface area contributed by atoms with E-state index in [1.165, 1.54) is 154 Å². The van der Waals surface area contributed by atoms with Crippen molar-refractivity contribution < 1.29 is 5.11 Å². The summed E-state index contributed by atoms with van der Waals surface area (Å²) in [6.45, 7) is 1.93. The van der Waals surface area contributed by atoms with Crippen molar-refractivity contribution in [2.45, 2.75) is 161 Å². The maximum Gasteiger partial charge on any atom is 0.0402 e. The third-order valence-electron chi connectivity index (χ3n) is 6.47.